The van der Waals surface area contributed by atoms with Gasteiger partial charge in [-0.3, -0.25) is 9.59 Å². The van der Waals surface area contributed by atoms with Gasteiger partial charge in [-0.15, -0.1) is 0 Å². The van der Waals surface area contributed by atoms with Crippen LogP contribution in [0.15, 0.2) is 54.6 Å². The topological polar surface area (TPSA) is 64.6 Å². The Labute approximate surface area is 148 Å². The number of para-hydroxylation sites is 2. The second kappa shape index (κ2) is 8.87. The maximum absolute atomic E-state index is 12.2. The van der Waals surface area contributed by atoms with Crippen LogP contribution in [0.5, 0.6) is 5.75 Å². The highest BCUT2D eigenvalue weighted by molar-refractivity contribution is 5.96. The largest absolute Gasteiger partial charge is 0.495 e. The first-order valence-electron chi connectivity index (χ1n) is 8.19. The van der Waals surface area contributed by atoms with Crippen molar-refractivity contribution in [3.8, 4) is 5.75 Å². The number of anilines is 1. The number of nitrogens with one attached hydrogen (secondary N) is 1. The van der Waals surface area contributed by atoms with Gasteiger partial charge in [-0.1, -0.05) is 49.4 Å². The molecule has 0 unspecified atom stereocenters. The molecule has 1 amide bonds. The fraction of sp³-hybridized carbons (Fsp3) is 0.300. The number of ether oxygens (including phenoxy) is 2. The first-order chi connectivity index (χ1) is 12.0. The molecular weight excluding hydrogens is 318 g/mol. The Morgan fingerprint density at radius 2 is 1.64 bits per heavy atom. The Morgan fingerprint density at radius 1 is 1.00 bits per heavy atom. The van der Waals surface area contributed by atoms with Crippen LogP contribution in [0, 0.1) is 0 Å². The molecule has 0 aliphatic rings. The second-order valence-corrected chi connectivity index (χ2v) is 5.84. The number of amides is 1. The number of esters is 1. The molecule has 2 rings (SSSR count). The first-order valence-corrected chi connectivity index (χ1v) is 8.19. The lowest BCUT2D eigenvalue weighted by Gasteiger charge is -2.16. The van der Waals surface area contributed by atoms with Crippen LogP contribution >= 0.6 is 0 Å². The molecule has 2 atom stereocenters. The van der Waals surface area contributed by atoms with E-state index in [1.54, 1.807) is 25.1 Å². The minimum absolute atomic E-state index is 0.0261. The predicted octanol–water partition coefficient (Wildman–Crippen LogP) is 3.76. The molecule has 2 aromatic carbocycles. The van der Waals surface area contributed by atoms with Crippen molar-refractivity contribution in [2.45, 2.75) is 32.3 Å². The van der Waals surface area contributed by atoms with Gasteiger partial charge in [0.1, 0.15) is 5.75 Å². The van der Waals surface area contributed by atoms with Gasteiger partial charge in [0.05, 0.1) is 19.2 Å². The highest BCUT2D eigenvalue weighted by Crippen LogP contribution is 2.23. The number of carbonyl (C=O) groups is 2. The molecule has 0 bridgehead atoms. The lowest BCUT2D eigenvalue weighted by molar-refractivity contribution is -0.153. The van der Waals surface area contributed by atoms with Crippen LogP contribution in [0.25, 0.3) is 0 Å². The average molecular weight is 341 g/mol. The Morgan fingerprint density at radius 3 is 2.32 bits per heavy atom. The minimum atomic E-state index is -0.889. The van der Waals surface area contributed by atoms with Crippen molar-refractivity contribution in [2.75, 3.05) is 12.4 Å². The lowest BCUT2D eigenvalue weighted by Crippen LogP contribution is -2.30. The molecule has 1 N–H and O–H groups in total. The van der Waals surface area contributed by atoms with Crippen molar-refractivity contribution in [3.63, 3.8) is 0 Å². The fourth-order valence-electron chi connectivity index (χ4n) is 2.43. The summed E-state index contributed by atoms with van der Waals surface area (Å²) in [7, 11) is 1.53. The predicted molar refractivity (Wildman–Crippen MR) is 96.7 cm³/mol. The number of hydrogen-bond donors (Lipinski definition) is 1. The van der Waals surface area contributed by atoms with E-state index < -0.39 is 18.0 Å². The van der Waals surface area contributed by atoms with E-state index >= 15 is 0 Å². The summed E-state index contributed by atoms with van der Waals surface area (Å²) >= 11 is 0. The second-order valence-electron chi connectivity index (χ2n) is 5.84. The Balaban J connectivity index is 1.89. The van der Waals surface area contributed by atoms with Gasteiger partial charge in [0, 0.05) is 0 Å². The fourth-order valence-corrected chi connectivity index (χ4v) is 2.43. The maximum atomic E-state index is 12.2. The summed E-state index contributed by atoms with van der Waals surface area (Å²) in [6.45, 7) is 3.51. The molecule has 5 nitrogen and oxygen atoms in total. The van der Waals surface area contributed by atoms with Gasteiger partial charge in [0.25, 0.3) is 5.91 Å². The number of hydrogen-bond acceptors (Lipinski definition) is 4. The number of carbonyl (C=O) groups excluding carboxylic acids is 2. The lowest BCUT2D eigenvalue weighted by atomic mass is 9.98. The first kappa shape index (κ1) is 18.5. The van der Waals surface area contributed by atoms with Crippen molar-refractivity contribution in [1.29, 1.82) is 0 Å². The van der Waals surface area contributed by atoms with Crippen LogP contribution in [-0.4, -0.2) is 25.1 Å². The summed E-state index contributed by atoms with van der Waals surface area (Å²) in [5, 5.41) is 2.71. The molecule has 0 aromatic heterocycles. The quantitative estimate of drug-likeness (QED) is 0.779. The minimum Gasteiger partial charge on any atom is -0.495 e. The van der Waals surface area contributed by atoms with Crippen LogP contribution in [0.3, 0.4) is 0 Å². The maximum Gasteiger partial charge on any atom is 0.307 e. The molecule has 0 spiro atoms. The van der Waals surface area contributed by atoms with Gasteiger partial charge >= 0.3 is 5.97 Å². The molecule has 5 heteroatoms. The molecule has 0 radical (unpaired) electrons. The van der Waals surface area contributed by atoms with Crippen LogP contribution in [0.1, 0.15) is 31.7 Å². The van der Waals surface area contributed by atoms with Crippen molar-refractivity contribution < 1.29 is 19.1 Å². The van der Waals surface area contributed by atoms with Crippen molar-refractivity contribution >= 4 is 17.6 Å². The standard InChI is InChI=1S/C20H23NO4/c1-14(16-9-5-4-6-10-16)13-19(22)25-15(2)20(23)21-17-11-7-8-12-18(17)24-3/h4-12,14-15H,13H2,1-3H3,(H,21,23)/t14-,15-/m0/s1. The van der Waals surface area contributed by atoms with E-state index in [1.165, 1.54) is 7.11 Å². The SMILES string of the molecule is COc1ccccc1NC(=O)[C@H](C)OC(=O)C[C@H](C)c1ccccc1. The molecule has 0 fully saturated rings. The molecule has 0 heterocycles. The summed E-state index contributed by atoms with van der Waals surface area (Å²) < 4.78 is 10.4. The summed E-state index contributed by atoms with van der Waals surface area (Å²) in [4.78, 5) is 24.3. The molecule has 132 valence electrons. The van der Waals surface area contributed by atoms with Gasteiger partial charge in [0.2, 0.25) is 0 Å². The van der Waals surface area contributed by atoms with E-state index in [-0.39, 0.29) is 12.3 Å². The van der Waals surface area contributed by atoms with Gasteiger partial charge < -0.3 is 14.8 Å². The van der Waals surface area contributed by atoms with E-state index in [2.05, 4.69) is 5.32 Å². The summed E-state index contributed by atoms with van der Waals surface area (Å²) in [6.07, 6.45) is -0.670. The third-order valence-electron chi connectivity index (χ3n) is 3.88. The highest BCUT2D eigenvalue weighted by atomic mass is 16.5. The molecule has 25 heavy (non-hydrogen) atoms. The van der Waals surface area contributed by atoms with Crippen LogP contribution in [0.2, 0.25) is 0 Å². The molecule has 0 saturated heterocycles. The monoisotopic (exact) mass is 341 g/mol. The molecule has 0 aliphatic carbocycles. The zero-order chi connectivity index (χ0) is 18.2. The van der Waals surface area contributed by atoms with E-state index in [9.17, 15) is 9.59 Å². The number of methoxy groups -OCH3 is 1. The Kier molecular flexibility index (Phi) is 6.57. The molecule has 0 aliphatic heterocycles. The Bertz CT molecular complexity index is 715. The number of rotatable bonds is 7. The zero-order valence-electron chi connectivity index (χ0n) is 14.7. The number of benzene rings is 2. The van der Waals surface area contributed by atoms with Crippen LogP contribution < -0.4 is 10.1 Å². The summed E-state index contributed by atoms with van der Waals surface area (Å²) in [6, 6.07) is 16.8. The van der Waals surface area contributed by atoms with Crippen LogP contribution in [-0.2, 0) is 14.3 Å². The molecule has 2 aromatic rings. The van der Waals surface area contributed by atoms with Crippen molar-refractivity contribution in [3.05, 3.63) is 60.2 Å². The third-order valence-corrected chi connectivity index (χ3v) is 3.88. The van der Waals surface area contributed by atoms with E-state index in [0.29, 0.717) is 11.4 Å². The van der Waals surface area contributed by atoms with Crippen molar-refractivity contribution in [1.82, 2.24) is 0 Å². The highest BCUT2D eigenvalue weighted by Gasteiger charge is 2.20. The van der Waals surface area contributed by atoms with E-state index in [0.717, 1.165) is 5.56 Å². The van der Waals surface area contributed by atoms with Gasteiger partial charge in [-0.25, -0.2) is 0 Å². The normalized spacial score (nSPS) is 12.8. The van der Waals surface area contributed by atoms with Gasteiger partial charge in [-0.05, 0) is 30.5 Å². The smallest absolute Gasteiger partial charge is 0.307 e. The summed E-state index contributed by atoms with van der Waals surface area (Å²) in [5.74, 6) is -0.227. The van der Waals surface area contributed by atoms with E-state index in [1.807, 2.05) is 43.3 Å². The van der Waals surface area contributed by atoms with Crippen molar-refractivity contribution in [2.24, 2.45) is 0 Å². The average Bonchev–Trinajstić information content (AvgIpc) is 2.62. The summed E-state index contributed by atoms with van der Waals surface area (Å²) in [5.41, 5.74) is 1.60. The van der Waals surface area contributed by atoms with Gasteiger partial charge in [-0.2, -0.15) is 0 Å². The van der Waals surface area contributed by atoms with Crippen LogP contribution in [0.4, 0.5) is 5.69 Å². The zero-order valence-corrected chi connectivity index (χ0v) is 14.7. The molecular formula is C20H23NO4. The molecule has 0 saturated carbocycles. The van der Waals surface area contributed by atoms with Gasteiger partial charge in [0.15, 0.2) is 6.10 Å². The third kappa shape index (κ3) is 5.35. The Hall–Kier alpha value is -2.82. The van der Waals surface area contributed by atoms with E-state index in [4.69, 9.17) is 9.47 Å².